The van der Waals surface area contributed by atoms with Crippen LogP contribution in [0.25, 0.3) is 0 Å². The van der Waals surface area contributed by atoms with Gasteiger partial charge in [0.05, 0.1) is 12.0 Å². The first-order chi connectivity index (χ1) is 16.7. The number of nitrogens with one attached hydrogen (secondary N) is 2. The van der Waals surface area contributed by atoms with Crippen LogP contribution in [0.5, 0.6) is 0 Å². The monoisotopic (exact) mass is 475 g/mol. The van der Waals surface area contributed by atoms with Gasteiger partial charge in [-0.15, -0.1) is 0 Å². The van der Waals surface area contributed by atoms with Crippen LogP contribution in [0.3, 0.4) is 0 Å². The van der Waals surface area contributed by atoms with Gasteiger partial charge in [0.25, 0.3) is 0 Å². The van der Waals surface area contributed by atoms with Crippen LogP contribution in [0.2, 0.25) is 0 Å². The van der Waals surface area contributed by atoms with Crippen molar-refractivity contribution >= 4 is 23.3 Å². The average molecular weight is 476 g/mol. The molecule has 0 spiro atoms. The number of rotatable bonds is 5. The summed E-state index contributed by atoms with van der Waals surface area (Å²) in [6.45, 7) is 7.25. The van der Waals surface area contributed by atoms with Crippen LogP contribution < -0.4 is 15.5 Å². The predicted octanol–water partition coefficient (Wildman–Crippen LogP) is 5.51. The molecule has 7 rings (SSSR count). The lowest BCUT2D eigenvalue weighted by atomic mass is 9.61. The summed E-state index contributed by atoms with van der Waals surface area (Å²) in [4.78, 5) is 16.7. The largest absolute Gasteiger partial charge is 0.373 e. The summed E-state index contributed by atoms with van der Waals surface area (Å²) in [7, 11) is 1.92. The SMILES string of the molecule is CNc1nc(NC23CCC(n4cnc(C)c4)(CC2)CC3)nc2c1C(C)(C)CN2c1ccc(F)cc1. The van der Waals surface area contributed by atoms with Crippen LogP contribution in [-0.2, 0) is 11.0 Å². The van der Waals surface area contributed by atoms with Gasteiger partial charge in [-0.1, -0.05) is 13.8 Å². The molecular weight excluding hydrogens is 441 g/mol. The number of anilines is 4. The summed E-state index contributed by atoms with van der Waals surface area (Å²) < 4.78 is 16.0. The number of imidazole rings is 1. The topological polar surface area (TPSA) is 70.9 Å². The summed E-state index contributed by atoms with van der Waals surface area (Å²) in [5.41, 5.74) is 3.21. The fourth-order valence-corrected chi connectivity index (χ4v) is 6.55. The highest BCUT2D eigenvalue weighted by molar-refractivity contribution is 5.75. The molecule has 2 bridgehead atoms. The van der Waals surface area contributed by atoms with Gasteiger partial charge in [0.15, 0.2) is 0 Å². The van der Waals surface area contributed by atoms with E-state index in [-0.39, 0.29) is 22.3 Å². The maximum Gasteiger partial charge on any atom is 0.227 e. The van der Waals surface area contributed by atoms with Gasteiger partial charge in [-0.3, -0.25) is 0 Å². The molecule has 0 saturated heterocycles. The molecule has 0 atom stereocenters. The van der Waals surface area contributed by atoms with E-state index in [2.05, 4.69) is 52.1 Å². The van der Waals surface area contributed by atoms with Crippen LogP contribution in [0.15, 0.2) is 36.8 Å². The Balaban J connectivity index is 1.31. The number of benzene rings is 1. The van der Waals surface area contributed by atoms with E-state index in [1.54, 1.807) is 0 Å². The van der Waals surface area contributed by atoms with Crippen molar-refractivity contribution in [3.63, 3.8) is 0 Å². The lowest BCUT2D eigenvalue weighted by Crippen LogP contribution is -2.54. The third kappa shape index (κ3) is 3.56. The van der Waals surface area contributed by atoms with Crippen molar-refractivity contribution in [2.24, 2.45) is 0 Å². The minimum Gasteiger partial charge on any atom is -0.373 e. The van der Waals surface area contributed by atoms with Crippen LogP contribution >= 0.6 is 0 Å². The van der Waals surface area contributed by atoms with Crippen molar-refractivity contribution in [3.8, 4) is 0 Å². The minimum atomic E-state index is -0.232. The van der Waals surface area contributed by atoms with Crippen molar-refractivity contribution in [2.45, 2.75) is 75.8 Å². The van der Waals surface area contributed by atoms with Crippen molar-refractivity contribution < 1.29 is 4.39 Å². The fraction of sp³-hybridized carbons (Fsp3) is 0.519. The van der Waals surface area contributed by atoms with Crippen LogP contribution in [0.4, 0.5) is 27.7 Å². The second kappa shape index (κ2) is 7.67. The molecule has 7 nitrogen and oxygen atoms in total. The molecule has 0 amide bonds. The van der Waals surface area contributed by atoms with Crippen molar-refractivity contribution in [2.75, 3.05) is 29.1 Å². The Morgan fingerprint density at radius 3 is 2.26 bits per heavy atom. The molecule has 4 aliphatic rings. The number of hydrogen-bond acceptors (Lipinski definition) is 6. The number of hydrogen-bond donors (Lipinski definition) is 2. The molecule has 35 heavy (non-hydrogen) atoms. The van der Waals surface area contributed by atoms with Gasteiger partial charge in [-0.2, -0.15) is 9.97 Å². The van der Waals surface area contributed by atoms with Crippen LogP contribution in [-0.4, -0.2) is 38.7 Å². The van der Waals surface area contributed by atoms with Gasteiger partial charge in [-0.05, 0) is 69.7 Å². The first-order valence-corrected chi connectivity index (χ1v) is 12.7. The Labute approximate surface area is 206 Å². The van der Waals surface area contributed by atoms with E-state index in [0.29, 0.717) is 5.95 Å². The Bertz CT molecular complexity index is 1240. The van der Waals surface area contributed by atoms with E-state index in [9.17, 15) is 4.39 Å². The van der Waals surface area contributed by atoms with Gasteiger partial charge in [0.1, 0.15) is 17.5 Å². The van der Waals surface area contributed by atoms with E-state index >= 15 is 0 Å². The Hall–Kier alpha value is -3.16. The van der Waals surface area contributed by atoms with E-state index in [4.69, 9.17) is 9.97 Å². The van der Waals surface area contributed by atoms with Crippen molar-refractivity contribution in [1.29, 1.82) is 0 Å². The zero-order chi connectivity index (χ0) is 24.4. The summed E-state index contributed by atoms with van der Waals surface area (Å²) >= 11 is 0. The molecular formula is C27H34FN7. The second-order valence-electron chi connectivity index (χ2n) is 11.3. The van der Waals surface area contributed by atoms with Crippen molar-refractivity contribution in [3.05, 3.63) is 53.9 Å². The number of nitrogens with zero attached hydrogens (tertiary/aromatic N) is 5. The molecule has 3 aromatic rings. The first-order valence-electron chi connectivity index (χ1n) is 12.7. The number of halogens is 1. The van der Waals surface area contributed by atoms with Gasteiger partial charge in [0.2, 0.25) is 5.95 Å². The first kappa shape index (κ1) is 22.3. The maximum atomic E-state index is 13.6. The van der Waals surface area contributed by atoms with Crippen LogP contribution in [0, 0.1) is 12.7 Å². The Morgan fingerprint density at radius 1 is 0.971 bits per heavy atom. The molecule has 2 N–H and O–H groups in total. The fourth-order valence-electron chi connectivity index (χ4n) is 6.55. The zero-order valence-electron chi connectivity index (χ0n) is 21.0. The lowest BCUT2D eigenvalue weighted by molar-refractivity contribution is 0.0638. The smallest absolute Gasteiger partial charge is 0.227 e. The molecule has 1 aliphatic heterocycles. The molecule has 3 fully saturated rings. The second-order valence-corrected chi connectivity index (χ2v) is 11.3. The van der Waals surface area contributed by atoms with Gasteiger partial charge >= 0.3 is 0 Å². The molecule has 184 valence electrons. The minimum absolute atomic E-state index is 0.0193. The molecule has 1 aromatic carbocycles. The third-order valence-electron chi connectivity index (χ3n) is 8.59. The molecule has 2 aromatic heterocycles. The number of fused-ring (bicyclic) bond motifs is 4. The maximum absolute atomic E-state index is 13.6. The highest BCUT2D eigenvalue weighted by atomic mass is 19.1. The predicted molar refractivity (Wildman–Crippen MR) is 137 cm³/mol. The zero-order valence-corrected chi connectivity index (χ0v) is 21.0. The molecule has 3 saturated carbocycles. The molecule has 3 aliphatic carbocycles. The molecule has 8 heteroatoms. The van der Waals surface area contributed by atoms with E-state index in [1.807, 2.05) is 25.5 Å². The normalized spacial score (nSPS) is 26.6. The van der Waals surface area contributed by atoms with Crippen molar-refractivity contribution in [1.82, 2.24) is 19.5 Å². The highest BCUT2D eigenvalue weighted by Gasteiger charge is 2.50. The summed E-state index contributed by atoms with van der Waals surface area (Å²) in [6, 6.07) is 6.67. The Morgan fingerprint density at radius 2 is 1.66 bits per heavy atom. The molecule has 3 heterocycles. The molecule has 0 radical (unpaired) electrons. The Kier molecular flexibility index (Phi) is 4.89. The highest BCUT2D eigenvalue weighted by Crippen LogP contribution is 2.53. The summed E-state index contributed by atoms with van der Waals surface area (Å²) in [5.74, 6) is 2.20. The van der Waals surface area contributed by atoms with E-state index in [0.717, 1.165) is 73.7 Å². The molecule has 0 unspecified atom stereocenters. The van der Waals surface area contributed by atoms with E-state index in [1.165, 1.54) is 12.1 Å². The standard InChI is InChI=1S/C27H34FN7/c1-18-15-34(17-30-18)27-12-9-26(10-13-27,11-14-27)33-24-31-22(29-4)21-23(32-24)35(16-25(21,2)3)20-7-5-19(28)6-8-20/h5-8,15,17H,9-14,16H2,1-4H3,(H2,29,31,32,33). The third-order valence-corrected chi connectivity index (χ3v) is 8.59. The van der Waals surface area contributed by atoms with E-state index < -0.39 is 0 Å². The van der Waals surface area contributed by atoms with Gasteiger partial charge in [0, 0.05) is 47.5 Å². The number of aryl methyl sites for hydroxylation is 1. The lowest BCUT2D eigenvalue weighted by Gasteiger charge is -2.54. The summed E-state index contributed by atoms with van der Waals surface area (Å²) in [6.07, 6.45) is 10.9. The summed E-state index contributed by atoms with van der Waals surface area (Å²) in [5, 5.41) is 7.12. The average Bonchev–Trinajstić information content (AvgIpc) is 3.41. The quantitative estimate of drug-likeness (QED) is 0.507. The van der Waals surface area contributed by atoms with Gasteiger partial charge < -0.3 is 20.1 Å². The van der Waals surface area contributed by atoms with Gasteiger partial charge in [-0.25, -0.2) is 9.37 Å². The van der Waals surface area contributed by atoms with Crippen LogP contribution in [0.1, 0.15) is 63.6 Å². The number of aromatic nitrogens is 4.